The molecule has 5 aromatic rings. The Balaban J connectivity index is 1.44. The first kappa shape index (κ1) is 26.6. The Hall–Kier alpha value is -4.66. The highest BCUT2D eigenvalue weighted by Gasteiger charge is 2.48. The lowest BCUT2D eigenvalue weighted by atomic mass is 9.95. The Labute approximate surface area is 244 Å². The largest absolute Gasteiger partial charge is 0.507 e. The molecule has 0 aliphatic carbocycles. The number of aliphatic hydroxyl groups is 1. The Bertz CT molecular complexity index is 1800. The maximum Gasteiger partial charge on any atom is 0.301 e. The van der Waals surface area contributed by atoms with Crippen molar-refractivity contribution in [1.29, 1.82) is 0 Å². The molecule has 0 spiro atoms. The summed E-state index contributed by atoms with van der Waals surface area (Å²) in [5.74, 6) is -0.769. The summed E-state index contributed by atoms with van der Waals surface area (Å²) in [7, 11) is 1.51. The second kappa shape index (κ2) is 11.1. The van der Waals surface area contributed by atoms with Crippen LogP contribution < -0.4 is 14.4 Å². The fourth-order valence-corrected chi connectivity index (χ4v) is 6.02. The number of anilines is 1. The number of carbonyl (C=O) groups is 2. The van der Waals surface area contributed by atoms with E-state index in [1.165, 1.54) is 23.3 Å². The van der Waals surface area contributed by atoms with Gasteiger partial charge in [-0.1, -0.05) is 77.5 Å². The van der Waals surface area contributed by atoms with E-state index in [4.69, 9.17) is 21.1 Å². The van der Waals surface area contributed by atoms with Gasteiger partial charge >= 0.3 is 5.91 Å². The van der Waals surface area contributed by atoms with Crippen molar-refractivity contribution in [3.05, 3.63) is 124 Å². The summed E-state index contributed by atoms with van der Waals surface area (Å²) in [5, 5.41) is 12.3. The molecule has 41 heavy (non-hydrogen) atoms. The minimum atomic E-state index is -0.930. The van der Waals surface area contributed by atoms with Crippen molar-refractivity contribution in [3.63, 3.8) is 0 Å². The molecule has 1 N–H and O–H groups in total. The van der Waals surface area contributed by atoms with Crippen molar-refractivity contribution in [2.75, 3.05) is 12.0 Å². The van der Waals surface area contributed by atoms with Crippen LogP contribution in [0.4, 0.5) is 5.13 Å². The lowest BCUT2D eigenvalue weighted by molar-refractivity contribution is -0.132. The van der Waals surface area contributed by atoms with E-state index in [9.17, 15) is 14.7 Å². The smallest absolute Gasteiger partial charge is 0.301 e. The highest BCUT2D eigenvalue weighted by Crippen LogP contribution is 2.45. The first-order valence-corrected chi connectivity index (χ1v) is 13.9. The third-order valence-corrected chi connectivity index (χ3v) is 8.03. The van der Waals surface area contributed by atoms with Crippen LogP contribution in [0, 0.1) is 0 Å². The molecule has 7 nitrogen and oxygen atoms in total. The van der Waals surface area contributed by atoms with Crippen LogP contribution in [-0.2, 0) is 16.2 Å². The van der Waals surface area contributed by atoms with E-state index in [0.29, 0.717) is 44.9 Å². The second-order valence-corrected chi connectivity index (χ2v) is 10.8. The van der Waals surface area contributed by atoms with Crippen molar-refractivity contribution in [1.82, 2.24) is 4.98 Å². The summed E-state index contributed by atoms with van der Waals surface area (Å²) in [4.78, 5) is 33.1. The van der Waals surface area contributed by atoms with E-state index < -0.39 is 17.7 Å². The maximum absolute atomic E-state index is 13.6. The first-order chi connectivity index (χ1) is 19.9. The van der Waals surface area contributed by atoms with Crippen molar-refractivity contribution in [3.8, 4) is 11.5 Å². The highest BCUT2D eigenvalue weighted by molar-refractivity contribution is 7.22. The number of methoxy groups -OCH3 is 1. The Morgan fingerprint density at radius 3 is 2.49 bits per heavy atom. The second-order valence-electron chi connectivity index (χ2n) is 9.35. The van der Waals surface area contributed by atoms with Gasteiger partial charge in [0.15, 0.2) is 5.13 Å². The zero-order valence-electron chi connectivity index (χ0n) is 21.8. The molecule has 1 aliphatic rings. The normalized spacial score (nSPS) is 16.3. The molecule has 2 heterocycles. The van der Waals surface area contributed by atoms with Crippen molar-refractivity contribution >= 4 is 55.7 Å². The number of aliphatic hydroxyl groups excluding tert-OH is 1. The van der Waals surface area contributed by atoms with Gasteiger partial charge in [0.1, 0.15) is 23.9 Å². The van der Waals surface area contributed by atoms with Gasteiger partial charge in [-0.15, -0.1) is 0 Å². The van der Waals surface area contributed by atoms with Crippen molar-refractivity contribution in [2.45, 2.75) is 12.6 Å². The molecule has 1 aromatic heterocycles. The molecule has 6 rings (SSSR count). The monoisotopic (exact) mass is 582 g/mol. The molecule has 1 aliphatic heterocycles. The molecule has 204 valence electrons. The van der Waals surface area contributed by atoms with Crippen molar-refractivity contribution in [2.24, 2.45) is 0 Å². The third kappa shape index (κ3) is 5.15. The average molecular weight is 583 g/mol. The Morgan fingerprint density at radius 2 is 1.73 bits per heavy atom. The molecular weight excluding hydrogens is 560 g/mol. The van der Waals surface area contributed by atoms with E-state index in [0.717, 1.165) is 10.3 Å². The van der Waals surface area contributed by atoms with Gasteiger partial charge in [0, 0.05) is 10.6 Å². The van der Waals surface area contributed by atoms with Crippen LogP contribution in [0.2, 0.25) is 5.02 Å². The number of aromatic nitrogens is 1. The molecule has 4 aromatic carbocycles. The van der Waals surface area contributed by atoms with Gasteiger partial charge in [0.25, 0.3) is 5.78 Å². The number of carbonyl (C=O) groups excluding carboxylic acids is 2. The average Bonchev–Trinajstić information content (AvgIpc) is 3.53. The fourth-order valence-electron chi connectivity index (χ4n) is 4.75. The molecule has 1 amide bonds. The van der Waals surface area contributed by atoms with Crippen LogP contribution in [0.3, 0.4) is 0 Å². The topological polar surface area (TPSA) is 89.0 Å². The SMILES string of the molecule is COc1cccc(/C(O)=C2\C(=O)C(=O)N(c3nc4ccc(Cl)cc4s3)C2c2ccc(OCc3ccccc3)cc2)c1. The van der Waals surface area contributed by atoms with Gasteiger partial charge in [-0.05, 0) is 53.6 Å². The number of thiazole rings is 1. The van der Waals surface area contributed by atoms with Gasteiger partial charge < -0.3 is 14.6 Å². The number of fused-ring (bicyclic) bond motifs is 1. The lowest BCUT2D eigenvalue weighted by Gasteiger charge is -2.23. The standard InChI is InChI=1S/C32H23ClN2O5S/c1-39-24-9-5-8-21(16-24)29(36)27-28(20-10-13-23(14-11-20)40-18-19-6-3-2-4-7-19)35(31(38)30(27)37)32-34-25-15-12-22(33)17-26(25)41-32/h2-17,28,36H,18H2,1H3/b29-27+. The minimum Gasteiger partial charge on any atom is -0.507 e. The van der Waals surface area contributed by atoms with E-state index in [1.807, 2.05) is 30.3 Å². The van der Waals surface area contributed by atoms with Crippen molar-refractivity contribution < 1.29 is 24.2 Å². The molecule has 0 radical (unpaired) electrons. The molecule has 0 bridgehead atoms. The summed E-state index contributed by atoms with van der Waals surface area (Å²) in [5.41, 5.74) is 2.59. The first-order valence-electron chi connectivity index (χ1n) is 12.7. The summed E-state index contributed by atoms with van der Waals surface area (Å²) < 4.78 is 12.0. The Morgan fingerprint density at radius 1 is 0.951 bits per heavy atom. The molecule has 1 fully saturated rings. The summed E-state index contributed by atoms with van der Waals surface area (Å²) >= 11 is 7.43. The van der Waals surface area contributed by atoms with Crippen LogP contribution in [0.5, 0.6) is 11.5 Å². The number of benzene rings is 4. The molecule has 9 heteroatoms. The van der Waals surface area contributed by atoms with Crippen LogP contribution in [-0.4, -0.2) is 28.9 Å². The zero-order chi connectivity index (χ0) is 28.5. The fraction of sp³-hybridized carbons (Fsp3) is 0.0938. The number of ketones is 1. The van der Waals surface area contributed by atoms with Gasteiger partial charge in [0.2, 0.25) is 0 Å². The molecule has 0 saturated carbocycles. The number of amides is 1. The van der Waals surface area contributed by atoms with Gasteiger partial charge in [0.05, 0.1) is 28.9 Å². The maximum atomic E-state index is 13.6. The van der Waals surface area contributed by atoms with Crippen LogP contribution in [0.25, 0.3) is 16.0 Å². The number of ether oxygens (including phenoxy) is 2. The minimum absolute atomic E-state index is 0.0431. The number of Topliss-reactive ketones (excluding diaryl/α,β-unsaturated/α-hetero) is 1. The predicted molar refractivity (Wildman–Crippen MR) is 160 cm³/mol. The number of halogens is 1. The molecular formula is C32H23ClN2O5S. The Kier molecular flexibility index (Phi) is 7.17. The number of nitrogens with zero attached hydrogens (tertiary/aromatic N) is 2. The van der Waals surface area contributed by atoms with Gasteiger partial charge in [-0.2, -0.15) is 0 Å². The predicted octanol–water partition coefficient (Wildman–Crippen LogP) is 7.16. The molecule has 1 saturated heterocycles. The quantitative estimate of drug-likeness (QED) is 0.124. The van der Waals surface area contributed by atoms with Crippen LogP contribution >= 0.6 is 22.9 Å². The lowest BCUT2D eigenvalue weighted by Crippen LogP contribution is -2.29. The van der Waals surface area contributed by atoms with E-state index in [1.54, 1.807) is 66.7 Å². The van der Waals surface area contributed by atoms with Gasteiger partial charge in [-0.25, -0.2) is 4.98 Å². The van der Waals surface area contributed by atoms with E-state index >= 15 is 0 Å². The number of rotatable bonds is 7. The number of hydrogen-bond acceptors (Lipinski definition) is 7. The zero-order valence-corrected chi connectivity index (χ0v) is 23.4. The summed E-state index contributed by atoms with van der Waals surface area (Å²) in [6.45, 7) is 0.392. The summed E-state index contributed by atoms with van der Waals surface area (Å²) in [6, 6.07) is 27.9. The third-order valence-electron chi connectivity index (χ3n) is 6.78. The van der Waals surface area contributed by atoms with E-state index in [2.05, 4.69) is 4.98 Å². The van der Waals surface area contributed by atoms with Gasteiger partial charge in [-0.3, -0.25) is 14.5 Å². The molecule has 1 atom stereocenters. The number of hydrogen-bond donors (Lipinski definition) is 1. The van der Waals surface area contributed by atoms with E-state index in [-0.39, 0.29) is 11.3 Å². The molecule has 1 unspecified atom stereocenters. The highest BCUT2D eigenvalue weighted by atomic mass is 35.5. The van der Waals surface area contributed by atoms with Crippen LogP contribution in [0.1, 0.15) is 22.7 Å². The summed E-state index contributed by atoms with van der Waals surface area (Å²) in [6.07, 6.45) is 0. The van der Waals surface area contributed by atoms with Crippen LogP contribution in [0.15, 0.2) is 103 Å².